The summed E-state index contributed by atoms with van der Waals surface area (Å²) in [5.41, 5.74) is 0. The molecule has 0 N–H and O–H groups in total. The summed E-state index contributed by atoms with van der Waals surface area (Å²) in [5, 5.41) is 0. The van der Waals surface area contributed by atoms with Gasteiger partial charge in [-0.15, -0.1) is 0 Å². The second-order valence-corrected chi connectivity index (χ2v) is 0.568. The van der Waals surface area contributed by atoms with Crippen LogP contribution in [0.4, 0.5) is 0 Å². The molecule has 2 nitrogen and oxygen atoms in total. The van der Waals surface area contributed by atoms with Gasteiger partial charge >= 0.3 is 7.69 Å². The van der Waals surface area contributed by atoms with Gasteiger partial charge in [0.25, 0.3) is 0 Å². The van der Waals surface area contributed by atoms with E-state index in [2.05, 4.69) is 9.31 Å². The molecular weight excluding hydrogens is 89.8 g/mol. The third kappa shape index (κ3) is 8.88. The third-order valence-corrected chi connectivity index (χ3v) is 0.192. The number of hydrogen-bond acceptors (Lipinski definition) is 2. The fourth-order valence-electron chi connectivity index (χ4n) is 0.0962. The van der Waals surface area contributed by atoms with Crippen molar-refractivity contribution in [2.45, 2.75) is 0 Å². The van der Waals surface area contributed by atoms with Crippen LogP contribution in [0.1, 0.15) is 0 Å². The molecule has 0 aliphatic heterocycles. The first-order valence-corrected chi connectivity index (χ1v) is 1.29. The summed E-state index contributed by atoms with van der Waals surface area (Å²) < 4.78 is 8.69. The van der Waals surface area contributed by atoms with E-state index in [1.54, 1.807) is 0 Å². The van der Waals surface area contributed by atoms with Crippen molar-refractivity contribution in [1.82, 2.24) is 0 Å². The zero-order chi connectivity index (χ0) is 4.12. The molecule has 0 aromatic heterocycles. The molecule has 0 fully saturated rings. The topological polar surface area (TPSA) is 18.5 Å². The Bertz CT molecular complexity index is 19.0. The predicted molar refractivity (Wildman–Crippen MR) is 25.5 cm³/mol. The van der Waals surface area contributed by atoms with Gasteiger partial charge < -0.3 is 9.31 Å². The monoisotopic (exact) mass is 96.0 g/mol. The Hall–Kier alpha value is 0.985. The first-order chi connectivity index (χ1) is 2.41. The zero-order valence-corrected chi connectivity index (χ0v) is 6.39. The SMILES string of the molecule is CO[B]OC.[Na]. The van der Waals surface area contributed by atoms with Gasteiger partial charge in [-0.05, 0) is 0 Å². The average molecular weight is 95.9 g/mol. The van der Waals surface area contributed by atoms with Gasteiger partial charge in [0, 0.05) is 43.8 Å². The first-order valence-electron chi connectivity index (χ1n) is 1.29. The van der Waals surface area contributed by atoms with Gasteiger partial charge in [-0.1, -0.05) is 0 Å². The summed E-state index contributed by atoms with van der Waals surface area (Å²) in [6.07, 6.45) is 0. The predicted octanol–water partition coefficient (Wildman–Crippen LogP) is -0.567. The molecule has 0 aliphatic carbocycles. The van der Waals surface area contributed by atoms with Crippen molar-refractivity contribution in [3.8, 4) is 0 Å². The molecule has 0 heterocycles. The zero-order valence-electron chi connectivity index (χ0n) is 4.39. The molecule has 4 heteroatoms. The summed E-state index contributed by atoms with van der Waals surface area (Å²) in [5.74, 6) is 0. The molecule has 0 saturated heterocycles. The minimum atomic E-state index is 0. The average Bonchev–Trinajstić information content (AvgIpc) is 1.41. The van der Waals surface area contributed by atoms with Gasteiger partial charge in [-0.3, -0.25) is 0 Å². The van der Waals surface area contributed by atoms with Crippen molar-refractivity contribution < 1.29 is 9.31 Å². The van der Waals surface area contributed by atoms with Crippen LogP contribution in [0.5, 0.6) is 0 Å². The van der Waals surface area contributed by atoms with E-state index in [0.29, 0.717) is 0 Å². The van der Waals surface area contributed by atoms with Gasteiger partial charge in [0.2, 0.25) is 0 Å². The largest absolute Gasteiger partial charge is 0.487 e. The molecule has 0 aromatic carbocycles. The van der Waals surface area contributed by atoms with Gasteiger partial charge in [0.1, 0.15) is 0 Å². The molecule has 0 rings (SSSR count). The second-order valence-electron chi connectivity index (χ2n) is 0.568. The van der Waals surface area contributed by atoms with Gasteiger partial charge in [-0.25, -0.2) is 0 Å². The van der Waals surface area contributed by atoms with Crippen molar-refractivity contribution >= 4 is 37.2 Å². The number of hydrogen-bond donors (Lipinski definition) is 0. The Morgan fingerprint density at radius 2 is 1.50 bits per heavy atom. The van der Waals surface area contributed by atoms with Crippen LogP contribution in [0.2, 0.25) is 0 Å². The Kier molecular flexibility index (Phi) is 15.7. The van der Waals surface area contributed by atoms with E-state index in [4.69, 9.17) is 0 Å². The van der Waals surface area contributed by atoms with E-state index >= 15 is 0 Å². The molecule has 0 amide bonds. The third-order valence-electron chi connectivity index (χ3n) is 0.192. The minimum Gasteiger partial charge on any atom is -0.416 e. The fourth-order valence-corrected chi connectivity index (χ4v) is 0.0962. The summed E-state index contributed by atoms with van der Waals surface area (Å²) in [6, 6.07) is 0. The maximum absolute atomic E-state index is 4.34. The van der Waals surface area contributed by atoms with Crippen molar-refractivity contribution in [2.24, 2.45) is 0 Å². The molecule has 30 valence electrons. The van der Waals surface area contributed by atoms with Crippen LogP contribution < -0.4 is 0 Å². The van der Waals surface area contributed by atoms with Crippen molar-refractivity contribution in [3.05, 3.63) is 0 Å². The molecule has 6 heavy (non-hydrogen) atoms. The molecule has 0 aromatic rings. The Balaban J connectivity index is 0. The Morgan fingerprint density at radius 1 is 1.17 bits per heavy atom. The van der Waals surface area contributed by atoms with Crippen LogP contribution in [0.3, 0.4) is 0 Å². The summed E-state index contributed by atoms with van der Waals surface area (Å²) >= 11 is 0. The van der Waals surface area contributed by atoms with Crippen molar-refractivity contribution in [2.75, 3.05) is 14.2 Å². The minimum absolute atomic E-state index is 0. The van der Waals surface area contributed by atoms with Crippen LogP contribution in [-0.2, 0) is 9.31 Å². The van der Waals surface area contributed by atoms with Crippen LogP contribution in [-0.4, -0.2) is 51.5 Å². The summed E-state index contributed by atoms with van der Waals surface area (Å²) in [6.45, 7) is 0. The molecule has 0 bridgehead atoms. The van der Waals surface area contributed by atoms with E-state index in [1.807, 2.05) is 0 Å². The normalized spacial score (nSPS) is 6.33. The summed E-state index contributed by atoms with van der Waals surface area (Å²) in [7, 11) is 4.31. The number of rotatable bonds is 2. The Labute approximate surface area is 60.8 Å². The van der Waals surface area contributed by atoms with E-state index in [1.165, 1.54) is 21.9 Å². The quantitative estimate of drug-likeness (QED) is 0.428. The maximum atomic E-state index is 4.34. The van der Waals surface area contributed by atoms with Crippen LogP contribution >= 0.6 is 0 Å². The van der Waals surface area contributed by atoms with E-state index in [-0.39, 0.29) is 29.6 Å². The molecular formula is C2H6BNaO2. The molecule has 0 aliphatic rings. The standard InChI is InChI=1S/C2H6BO2.Na/c1-4-3-5-2;/h1-2H3;. The van der Waals surface area contributed by atoms with Crippen LogP contribution in [0, 0.1) is 0 Å². The van der Waals surface area contributed by atoms with Crippen LogP contribution in [0.15, 0.2) is 0 Å². The van der Waals surface area contributed by atoms with Gasteiger partial charge in [0.15, 0.2) is 0 Å². The fraction of sp³-hybridized carbons (Fsp3) is 1.00. The van der Waals surface area contributed by atoms with E-state index in [0.717, 1.165) is 0 Å². The molecule has 0 atom stereocenters. The maximum Gasteiger partial charge on any atom is 0.487 e. The van der Waals surface area contributed by atoms with Gasteiger partial charge in [-0.2, -0.15) is 0 Å². The first kappa shape index (κ1) is 10.1. The van der Waals surface area contributed by atoms with Crippen molar-refractivity contribution in [3.63, 3.8) is 0 Å². The molecule has 0 unspecified atom stereocenters. The van der Waals surface area contributed by atoms with Crippen molar-refractivity contribution in [1.29, 1.82) is 0 Å². The summed E-state index contributed by atoms with van der Waals surface area (Å²) in [4.78, 5) is 0. The van der Waals surface area contributed by atoms with Gasteiger partial charge in [0.05, 0.1) is 0 Å². The Morgan fingerprint density at radius 3 is 1.50 bits per heavy atom. The van der Waals surface area contributed by atoms with Crippen LogP contribution in [0.25, 0.3) is 0 Å². The van der Waals surface area contributed by atoms with E-state index < -0.39 is 0 Å². The van der Waals surface area contributed by atoms with E-state index in [9.17, 15) is 0 Å². The molecule has 0 spiro atoms. The second kappa shape index (κ2) is 9.37. The smallest absolute Gasteiger partial charge is 0.416 e. The molecule has 0 saturated carbocycles. The molecule has 2 radical (unpaired) electrons.